The van der Waals surface area contributed by atoms with Crippen LogP contribution in [-0.2, 0) is 0 Å². The van der Waals surface area contributed by atoms with Gasteiger partial charge in [0.15, 0.2) is 0 Å². The molecule has 0 saturated heterocycles. The van der Waals surface area contributed by atoms with E-state index in [1.54, 1.807) is 11.8 Å². The van der Waals surface area contributed by atoms with Crippen LogP contribution in [-0.4, -0.2) is 23.5 Å². The molecule has 1 heterocycles. The molecule has 0 unspecified atom stereocenters. The summed E-state index contributed by atoms with van der Waals surface area (Å²) in [5.41, 5.74) is 3.08. The number of allylic oxidation sites excluding steroid dienone is 1. The summed E-state index contributed by atoms with van der Waals surface area (Å²) in [4.78, 5) is 16.7. The van der Waals surface area contributed by atoms with E-state index in [-0.39, 0.29) is 5.91 Å². The van der Waals surface area contributed by atoms with Crippen LogP contribution in [0.5, 0.6) is 0 Å². The van der Waals surface area contributed by atoms with E-state index in [1.165, 1.54) is 51.4 Å². The molecule has 1 aromatic heterocycles. The van der Waals surface area contributed by atoms with E-state index >= 15 is 0 Å². The number of hydrogen-bond acceptors (Lipinski definition) is 3. The summed E-state index contributed by atoms with van der Waals surface area (Å²) in [5, 5.41) is 6.56. The van der Waals surface area contributed by atoms with Crippen LogP contribution in [0.25, 0.3) is 0 Å². The molecule has 0 radical (unpaired) electrons. The van der Waals surface area contributed by atoms with Gasteiger partial charge < -0.3 is 10.6 Å². The number of pyridine rings is 1. The predicted molar refractivity (Wildman–Crippen MR) is 103 cm³/mol. The highest BCUT2D eigenvalue weighted by Crippen LogP contribution is 2.20. The number of carbonyl (C=O) groups is 1. The van der Waals surface area contributed by atoms with E-state index in [0.717, 1.165) is 31.5 Å². The van der Waals surface area contributed by atoms with Crippen molar-refractivity contribution in [1.82, 2.24) is 10.3 Å². The van der Waals surface area contributed by atoms with Gasteiger partial charge in [-0.3, -0.25) is 4.79 Å². The SMILES string of the molecule is O=C(NC1CCCCCC1)c1ccc(NCCC2=CCCCC2)cn1. The van der Waals surface area contributed by atoms with Gasteiger partial charge in [0, 0.05) is 12.6 Å². The van der Waals surface area contributed by atoms with Crippen LogP contribution >= 0.6 is 0 Å². The second kappa shape index (κ2) is 9.59. The van der Waals surface area contributed by atoms with Crippen molar-refractivity contribution < 1.29 is 4.79 Å². The minimum atomic E-state index is -0.0363. The van der Waals surface area contributed by atoms with Gasteiger partial charge >= 0.3 is 0 Å². The molecule has 0 bridgehead atoms. The third kappa shape index (κ3) is 5.87. The van der Waals surface area contributed by atoms with E-state index in [1.807, 2.05) is 12.1 Å². The van der Waals surface area contributed by atoms with Gasteiger partial charge in [0.05, 0.1) is 11.9 Å². The maximum Gasteiger partial charge on any atom is 0.270 e. The Morgan fingerprint density at radius 1 is 1.08 bits per heavy atom. The minimum absolute atomic E-state index is 0.0363. The van der Waals surface area contributed by atoms with Crippen LogP contribution in [0.3, 0.4) is 0 Å². The highest BCUT2D eigenvalue weighted by Gasteiger charge is 2.16. The summed E-state index contributed by atoms with van der Waals surface area (Å²) < 4.78 is 0. The van der Waals surface area contributed by atoms with Gasteiger partial charge in [-0.15, -0.1) is 0 Å². The average molecular weight is 341 g/mol. The van der Waals surface area contributed by atoms with Gasteiger partial charge in [-0.05, 0) is 57.1 Å². The van der Waals surface area contributed by atoms with E-state index in [0.29, 0.717) is 11.7 Å². The third-order valence-corrected chi connectivity index (χ3v) is 5.35. The van der Waals surface area contributed by atoms with Crippen LogP contribution in [0.2, 0.25) is 0 Å². The first-order chi connectivity index (χ1) is 12.3. The molecule has 0 aromatic carbocycles. The fourth-order valence-electron chi connectivity index (χ4n) is 3.81. The molecule has 0 atom stereocenters. The van der Waals surface area contributed by atoms with Crippen molar-refractivity contribution in [2.24, 2.45) is 0 Å². The first-order valence-electron chi connectivity index (χ1n) is 10.00. The molecule has 1 amide bonds. The quantitative estimate of drug-likeness (QED) is 0.575. The minimum Gasteiger partial charge on any atom is -0.383 e. The maximum absolute atomic E-state index is 12.4. The van der Waals surface area contributed by atoms with Crippen molar-refractivity contribution >= 4 is 11.6 Å². The Morgan fingerprint density at radius 2 is 1.92 bits per heavy atom. The second-order valence-electron chi connectivity index (χ2n) is 7.38. The molecular weight excluding hydrogens is 310 g/mol. The van der Waals surface area contributed by atoms with Crippen molar-refractivity contribution in [3.63, 3.8) is 0 Å². The Morgan fingerprint density at radius 3 is 2.60 bits per heavy atom. The molecule has 25 heavy (non-hydrogen) atoms. The van der Waals surface area contributed by atoms with E-state index in [9.17, 15) is 4.79 Å². The zero-order chi connectivity index (χ0) is 17.3. The average Bonchev–Trinajstić information content (AvgIpc) is 2.92. The fourth-order valence-corrected chi connectivity index (χ4v) is 3.81. The number of rotatable bonds is 6. The fraction of sp³-hybridized carbons (Fsp3) is 0.619. The molecule has 0 aliphatic heterocycles. The molecule has 4 nitrogen and oxygen atoms in total. The van der Waals surface area contributed by atoms with E-state index < -0.39 is 0 Å². The van der Waals surface area contributed by atoms with Crippen molar-refractivity contribution in [1.29, 1.82) is 0 Å². The molecule has 2 N–H and O–H groups in total. The number of nitrogens with zero attached hydrogens (tertiary/aromatic N) is 1. The standard InChI is InChI=1S/C21H31N3O/c25-21(24-18-10-6-1-2-7-11-18)20-13-12-19(16-23-20)22-15-14-17-8-4-3-5-9-17/h8,12-13,16,18,22H,1-7,9-11,14-15H2,(H,24,25). The van der Waals surface area contributed by atoms with Crippen molar-refractivity contribution in [2.75, 3.05) is 11.9 Å². The highest BCUT2D eigenvalue weighted by molar-refractivity contribution is 5.92. The summed E-state index contributed by atoms with van der Waals surface area (Å²) in [5.74, 6) is -0.0363. The monoisotopic (exact) mass is 341 g/mol. The van der Waals surface area contributed by atoms with Gasteiger partial charge in [-0.25, -0.2) is 4.98 Å². The summed E-state index contributed by atoms with van der Waals surface area (Å²) in [6.45, 7) is 0.932. The normalized spacial score (nSPS) is 19.0. The molecule has 1 fully saturated rings. The Hall–Kier alpha value is -1.84. The van der Waals surface area contributed by atoms with Crippen molar-refractivity contribution in [2.45, 2.75) is 76.7 Å². The number of amides is 1. The third-order valence-electron chi connectivity index (χ3n) is 5.35. The molecule has 1 saturated carbocycles. The van der Waals surface area contributed by atoms with Gasteiger partial charge in [-0.1, -0.05) is 37.3 Å². The molecule has 1 aromatic rings. The Bertz CT molecular complexity index is 571. The lowest BCUT2D eigenvalue weighted by Crippen LogP contribution is -2.34. The first kappa shape index (κ1) is 18.0. The summed E-state index contributed by atoms with van der Waals surface area (Å²) in [6.07, 6.45) is 17.7. The Labute approximate surface area is 151 Å². The van der Waals surface area contributed by atoms with Gasteiger partial charge in [0.1, 0.15) is 5.69 Å². The Balaban J connectivity index is 1.44. The van der Waals surface area contributed by atoms with Crippen LogP contribution in [0.4, 0.5) is 5.69 Å². The molecule has 3 rings (SSSR count). The maximum atomic E-state index is 12.4. The Kier molecular flexibility index (Phi) is 6.89. The summed E-state index contributed by atoms with van der Waals surface area (Å²) in [6, 6.07) is 4.11. The van der Waals surface area contributed by atoms with Crippen LogP contribution in [0, 0.1) is 0 Å². The van der Waals surface area contributed by atoms with Crippen LogP contribution < -0.4 is 10.6 Å². The number of carbonyl (C=O) groups excluding carboxylic acids is 1. The van der Waals surface area contributed by atoms with Gasteiger partial charge in [-0.2, -0.15) is 0 Å². The number of hydrogen-bond donors (Lipinski definition) is 2. The van der Waals surface area contributed by atoms with Crippen LogP contribution in [0.15, 0.2) is 30.0 Å². The van der Waals surface area contributed by atoms with E-state index in [2.05, 4.69) is 21.7 Å². The lowest BCUT2D eigenvalue weighted by molar-refractivity contribution is 0.0928. The number of anilines is 1. The largest absolute Gasteiger partial charge is 0.383 e. The van der Waals surface area contributed by atoms with Crippen LogP contribution in [0.1, 0.15) is 81.1 Å². The molecule has 0 spiro atoms. The topological polar surface area (TPSA) is 54.0 Å². The molecular formula is C21H31N3O. The lowest BCUT2D eigenvalue weighted by Gasteiger charge is -2.16. The zero-order valence-electron chi connectivity index (χ0n) is 15.2. The molecule has 136 valence electrons. The number of nitrogens with one attached hydrogen (secondary N) is 2. The molecule has 2 aliphatic carbocycles. The van der Waals surface area contributed by atoms with Crippen molar-refractivity contribution in [3.05, 3.63) is 35.7 Å². The van der Waals surface area contributed by atoms with Gasteiger partial charge in [0.2, 0.25) is 0 Å². The smallest absolute Gasteiger partial charge is 0.270 e. The lowest BCUT2D eigenvalue weighted by atomic mass is 9.97. The second-order valence-corrected chi connectivity index (χ2v) is 7.38. The highest BCUT2D eigenvalue weighted by atomic mass is 16.1. The number of aromatic nitrogens is 1. The first-order valence-corrected chi connectivity index (χ1v) is 10.00. The molecule has 2 aliphatic rings. The predicted octanol–water partition coefficient (Wildman–Crippen LogP) is 4.84. The molecule has 4 heteroatoms. The van der Waals surface area contributed by atoms with E-state index in [4.69, 9.17) is 0 Å². The zero-order valence-corrected chi connectivity index (χ0v) is 15.2. The van der Waals surface area contributed by atoms with Crippen molar-refractivity contribution in [3.8, 4) is 0 Å². The van der Waals surface area contributed by atoms with Gasteiger partial charge in [0.25, 0.3) is 5.91 Å². The summed E-state index contributed by atoms with van der Waals surface area (Å²) >= 11 is 0. The summed E-state index contributed by atoms with van der Waals surface area (Å²) in [7, 11) is 0.